The lowest BCUT2D eigenvalue weighted by Crippen LogP contribution is -2.30. The Kier molecular flexibility index (Phi) is 4.54. The summed E-state index contributed by atoms with van der Waals surface area (Å²) in [6.45, 7) is 3.83. The first kappa shape index (κ1) is 11.7. The Labute approximate surface area is 87.3 Å². The predicted molar refractivity (Wildman–Crippen MR) is 57.3 cm³/mol. The maximum Gasteiger partial charge on any atom is 0.223 e. The summed E-state index contributed by atoms with van der Waals surface area (Å²) in [5.41, 5.74) is 5.50. The molecule has 5 heteroatoms. The van der Waals surface area contributed by atoms with E-state index in [1.807, 2.05) is 6.92 Å². The van der Waals surface area contributed by atoms with Gasteiger partial charge in [-0.25, -0.2) is 0 Å². The van der Waals surface area contributed by atoms with Gasteiger partial charge in [-0.3, -0.25) is 9.00 Å². The molecule has 0 aromatic carbocycles. The summed E-state index contributed by atoms with van der Waals surface area (Å²) in [5.74, 6) is 1.73. The zero-order valence-electron chi connectivity index (χ0n) is 8.57. The van der Waals surface area contributed by atoms with E-state index in [2.05, 4.69) is 0 Å². The van der Waals surface area contributed by atoms with Gasteiger partial charge in [-0.05, 0) is 12.5 Å². The quantitative estimate of drug-likeness (QED) is 0.680. The normalized spacial score (nSPS) is 24.3. The van der Waals surface area contributed by atoms with Gasteiger partial charge in [0.2, 0.25) is 5.91 Å². The van der Waals surface area contributed by atoms with E-state index in [1.54, 1.807) is 4.90 Å². The summed E-state index contributed by atoms with van der Waals surface area (Å²) in [4.78, 5) is 13.2. The minimum atomic E-state index is -0.776. The van der Waals surface area contributed by atoms with Gasteiger partial charge in [0.25, 0.3) is 0 Å². The van der Waals surface area contributed by atoms with Crippen molar-refractivity contribution in [1.82, 2.24) is 4.90 Å². The molecule has 0 aliphatic carbocycles. The van der Waals surface area contributed by atoms with Crippen LogP contribution in [0.3, 0.4) is 0 Å². The van der Waals surface area contributed by atoms with Crippen LogP contribution < -0.4 is 5.73 Å². The van der Waals surface area contributed by atoms with Crippen molar-refractivity contribution in [2.45, 2.75) is 13.3 Å². The standard InChI is InChI=1S/C9H18N2O2S/c1-2-14(13)4-3-11-7-8(6-10)5-9(11)12/h8H,2-7,10H2,1H3. The molecular weight excluding hydrogens is 200 g/mol. The average Bonchev–Trinajstić information content (AvgIpc) is 2.55. The Morgan fingerprint density at radius 3 is 2.86 bits per heavy atom. The van der Waals surface area contributed by atoms with Gasteiger partial charge in [-0.15, -0.1) is 0 Å². The molecule has 0 saturated carbocycles. The van der Waals surface area contributed by atoms with E-state index in [1.165, 1.54) is 0 Å². The molecule has 14 heavy (non-hydrogen) atoms. The number of likely N-dealkylation sites (tertiary alicyclic amines) is 1. The molecule has 0 aromatic rings. The first-order chi connectivity index (χ1) is 6.67. The van der Waals surface area contributed by atoms with E-state index in [-0.39, 0.29) is 5.91 Å². The van der Waals surface area contributed by atoms with E-state index < -0.39 is 10.8 Å². The highest BCUT2D eigenvalue weighted by Crippen LogP contribution is 2.15. The molecular formula is C9H18N2O2S. The summed E-state index contributed by atoms with van der Waals surface area (Å²) in [5, 5.41) is 0. The van der Waals surface area contributed by atoms with Crippen LogP contribution in [0, 0.1) is 5.92 Å². The summed E-state index contributed by atoms with van der Waals surface area (Å²) in [7, 11) is -0.776. The van der Waals surface area contributed by atoms with E-state index in [9.17, 15) is 9.00 Å². The van der Waals surface area contributed by atoms with E-state index in [0.717, 1.165) is 6.54 Å². The molecule has 1 aliphatic rings. The summed E-state index contributed by atoms with van der Waals surface area (Å²) in [6.07, 6.45) is 0.565. The zero-order valence-corrected chi connectivity index (χ0v) is 9.39. The van der Waals surface area contributed by atoms with Crippen LogP contribution in [0.15, 0.2) is 0 Å². The SMILES string of the molecule is CCS(=O)CCN1CC(CN)CC1=O. The molecule has 0 aromatic heterocycles. The van der Waals surface area contributed by atoms with Crippen LogP contribution in [0.5, 0.6) is 0 Å². The maximum absolute atomic E-state index is 11.4. The molecule has 2 atom stereocenters. The van der Waals surface area contributed by atoms with Gasteiger partial charge in [-0.2, -0.15) is 0 Å². The monoisotopic (exact) mass is 218 g/mol. The van der Waals surface area contributed by atoms with Crippen LogP contribution >= 0.6 is 0 Å². The first-order valence-electron chi connectivity index (χ1n) is 5.00. The van der Waals surface area contributed by atoms with E-state index >= 15 is 0 Å². The maximum atomic E-state index is 11.4. The third kappa shape index (κ3) is 3.06. The van der Waals surface area contributed by atoms with Crippen LogP contribution in [-0.4, -0.2) is 46.2 Å². The molecule has 2 unspecified atom stereocenters. The van der Waals surface area contributed by atoms with Gasteiger partial charge in [0.1, 0.15) is 0 Å². The Morgan fingerprint density at radius 1 is 1.64 bits per heavy atom. The number of rotatable bonds is 5. The van der Waals surface area contributed by atoms with Crippen LogP contribution in [0.2, 0.25) is 0 Å². The summed E-state index contributed by atoms with van der Waals surface area (Å²) in [6, 6.07) is 0. The molecule has 1 aliphatic heterocycles. The van der Waals surface area contributed by atoms with E-state index in [4.69, 9.17) is 5.73 Å². The minimum Gasteiger partial charge on any atom is -0.341 e. The lowest BCUT2D eigenvalue weighted by atomic mass is 10.1. The fraction of sp³-hybridized carbons (Fsp3) is 0.889. The topological polar surface area (TPSA) is 63.4 Å². The van der Waals surface area contributed by atoms with Crippen molar-refractivity contribution in [2.75, 3.05) is 31.1 Å². The largest absolute Gasteiger partial charge is 0.341 e. The highest BCUT2D eigenvalue weighted by atomic mass is 32.2. The van der Waals surface area contributed by atoms with Crippen molar-refractivity contribution < 1.29 is 9.00 Å². The lowest BCUT2D eigenvalue weighted by Gasteiger charge is -2.15. The zero-order chi connectivity index (χ0) is 10.6. The van der Waals surface area contributed by atoms with Crippen molar-refractivity contribution >= 4 is 16.7 Å². The molecule has 1 saturated heterocycles. The third-order valence-corrected chi connectivity index (χ3v) is 3.82. The second-order valence-corrected chi connectivity index (χ2v) is 5.44. The molecule has 4 nitrogen and oxygen atoms in total. The third-order valence-electron chi connectivity index (χ3n) is 2.54. The minimum absolute atomic E-state index is 0.161. The molecule has 0 bridgehead atoms. The van der Waals surface area contributed by atoms with Gasteiger partial charge in [0, 0.05) is 41.8 Å². The predicted octanol–water partition coefficient (Wildman–Crippen LogP) is -0.438. The van der Waals surface area contributed by atoms with Gasteiger partial charge in [0.05, 0.1) is 0 Å². The highest BCUT2D eigenvalue weighted by molar-refractivity contribution is 7.84. The second-order valence-electron chi connectivity index (χ2n) is 3.58. The molecule has 0 radical (unpaired) electrons. The van der Waals surface area contributed by atoms with Crippen LogP contribution in [-0.2, 0) is 15.6 Å². The van der Waals surface area contributed by atoms with Crippen molar-refractivity contribution in [1.29, 1.82) is 0 Å². The number of carbonyl (C=O) groups is 1. The molecule has 82 valence electrons. The summed E-state index contributed by atoms with van der Waals surface area (Å²) >= 11 is 0. The molecule has 2 N–H and O–H groups in total. The van der Waals surface area contributed by atoms with Crippen molar-refractivity contribution in [3.05, 3.63) is 0 Å². The van der Waals surface area contributed by atoms with Gasteiger partial charge >= 0.3 is 0 Å². The lowest BCUT2D eigenvalue weighted by molar-refractivity contribution is -0.127. The number of hydrogen-bond acceptors (Lipinski definition) is 3. The smallest absolute Gasteiger partial charge is 0.223 e. The number of amides is 1. The van der Waals surface area contributed by atoms with Crippen molar-refractivity contribution in [3.63, 3.8) is 0 Å². The average molecular weight is 218 g/mol. The molecule has 1 amide bonds. The van der Waals surface area contributed by atoms with Crippen molar-refractivity contribution in [2.24, 2.45) is 11.7 Å². The number of carbonyl (C=O) groups excluding carboxylic acids is 1. The Bertz CT molecular complexity index is 233. The Balaban J connectivity index is 2.32. The fourth-order valence-corrected chi connectivity index (χ4v) is 2.30. The molecule has 1 fully saturated rings. The van der Waals surface area contributed by atoms with Crippen LogP contribution in [0.1, 0.15) is 13.3 Å². The van der Waals surface area contributed by atoms with Crippen LogP contribution in [0.4, 0.5) is 0 Å². The summed E-state index contributed by atoms with van der Waals surface area (Å²) < 4.78 is 11.2. The molecule has 0 spiro atoms. The Morgan fingerprint density at radius 2 is 2.36 bits per heavy atom. The number of nitrogens with zero attached hydrogens (tertiary/aromatic N) is 1. The van der Waals surface area contributed by atoms with E-state index in [0.29, 0.717) is 36.9 Å². The van der Waals surface area contributed by atoms with Gasteiger partial charge in [0.15, 0.2) is 0 Å². The number of nitrogens with two attached hydrogens (primary N) is 1. The van der Waals surface area contributed by atoms with Gasteiger partial charge < -0.3 is 10.6 Å². The van der Waals surface area contributed by atoms with Gasteiger partial charge in [-0.1, -0.05) is 6.92 Å². The second kappa shape index (κ2) is 5.46. The first-order valence-corrected chi connectivity index (χ1v) is 6.49. The van der Waals surface area contributed by atoms with Crippen LogP contribution in [0.25, 0.3) is 0 Å². The molecule has 1 heterocycles. The molecule has 1 rings (SSSR count). The van der Waals surface area contributed by atoms with Crippen molar-refractivity contribution in [3.8, 4) is 0 Å². The fourth-order valence-electron chi connectivity index (χ4n) is 1.58. The highest BCUT2D eigenvalue weighted by Gasteiger charge is 2.28. The Hall–Kier alpha value is -0.420. The number of hydrogen-bond donors (Lipinski definition) is 1.